The van der Waals surface area contributed by atoms with E-state index in [-0.39, 0.29) is 23.4 Å². The van der Waals surface area contributed by atoms with Gasteiger partial charge in [0.05, 0.1) is 43.0 Å². The van der Waals surface area contributed by atoms with Gasteiger partial charge in [0, 0.05) is 23.1 Å². The predicted octanol–water partition coefficient (Wildman–Crippen LogP) is 2.32. The average molecular weight is 442 g/mol. The zero-order valence-corrected chi connectivity index (χ0v) is 17.9. The zero-order chi connectivity index (χ0) is 22.2. The third-order valence-electron chi connectivity index (χ3n) is 5.35. The maximum Gasteiger partial charge on any atom is 0.265 e. The number of fused-ring (bicyclic) bond motifs is 1. The number of hydrogen-bond acceptors (Lipinski definition) is 7. The molecular weight excluding hydrogens is 420 g/mol. The zero-order valence-electron chi connectivity index (χ0n) is 17.1. The van der Waals surface area contributed by atoms with Crippen LogP contribution in [0.5, 0.6) is 17.4 Å². The van der Waals surface area contributed by atoms with Gasteiger partial charge in [0.1, 0.15) is 11.5 Å². The first-order chi connectivity index (χ1) is 14.8. The first-order valence-electron chi connectivity index (χ1n) is 9.67. The van der Waals surface area contributed by atoms with Crippen LogP contribution in [0.25, 0.3) is 16.5 Å². The van der Waals surface area contributed by atoms with Gasteiger partial charge in [-0.2, -0.15) is 0 Å². The fourth-order valence-corrected chi connectivity index (χ4v) is 5.39. The molecule has 1 aliphatic heterocycles. The van der Waals surface area contributed by atoms with E-state index in [1.54, 1.807) is 42.5 Å². The summed E-state index contributed by atoms with van der Waals surface area (Å²) in [7, 11) is -0.103. The maximum absolute atomic E-state index is 13.3. The molecule has 31 heavy (non-hydrogen) atoms. The van der Waals surface area contributed by atoms with Crippen LogP contribution in [0.3, 0.4) is 0 Å². The molecule has 1 N–H and O–H groups in total. The van der Waals surface area contributed by atoms with Gasteiger partial charge in [-0.05, 0) is 24.6 Å². The van der Waals surface area contributed by atoms with Crippen molar-refractivity contribution in [3.05, 3.63) is 58.4 Å². The predicted molar refractivity (Wildman–Crippen MR) is 119 cm³/mol. The van der Waals surface area contributed by atoms with Crippen molar-refractivity contribution in [3.8, 4) is 23.1 Å². The minimum atomic E-state index is -3.09. The highest BCUT2D eigenvalue weighted by molar-refractivity contribution is 7.91. The molecule has 1 aromatic heterocycles. The lowest BCUT2D eigenvalue weighted by molar-refractivity contribution is 0.389. The molecule has 4 rings (SSSR count). The highest BCUT2D eigenvalue weighted by Gasteiger charge is 2.27. The first kappa shape index (κ1) is 20.9. The molecule has 0 amide bonds. The van der Waals surface area contributed by atoms with E-state index >= 15 is 0 Å². The van der Waals surface area contributed by atoms with Crippen molar-refractivity contribution in [3.63, 3.8) is 0 Å². The first-order valence-corrected chi connectivity index (χ1v) is 11.5. The highest BCUT2D eigenvalue weighted by Crippen LogP contribution is 2.32. The van der Waals surface area contributed by atoms with Gasteiger partial charge < -0.3 is 14.6 Å². The van der Waals surface area contributed by atoms with Crippen molar-refractivity contribution in [2.45, 2.75) is 12.5 Å². The second-order valence-electron chi connectivity index (χ2n) is 7.30. The van der Waals surface area contributed by atoms with E-state index in [0.717, 1.165) is 4.57 Å². The Morgan fingerprint density at radius 1 is 1.13 bits per heavy atom. The highest BCUT2D eigenvalue weighted by atomic mass is 32.2. The molecule has 8 nitrogen and oxygen atoms in total. The summed E-state index contributed by atoms with van der Waals surface area (Å²) in [6, 6.07) is 11.4. The number of hydrogen-bond donors (Lipinski definition) is 1. The summed E-state index contributed by atoms with van der Waals surface area (Å²) in [5, 5.41) is 12.0. The number of aliphatic imine (C=N–C) groups is 1. The normalized spacial score (nSPS) is 17.9. The number of nitrogens with zero attached hydrogens (tertiary/aromatic N) is 2. The molecule has 1 atom stereocenters. The number of aromatic nitrogens is 1. The summed E-state index contributed by atoms with van der Waals surface area (Å²) in [6.07, 6.45) is 1.89. The van der Waals surface area contributed by atoms with Crippen LogP contribution in [0.2, 0.25) is 0 Å². The molecule has 0 saturated carbocycles. The number of aromatic hydroxyl groups is 1. The number of methoxy groups -OCH3 is 2. The lowest BCUT2D eigenvalue weighted by Gasteiger charge is -2.17. The van der Waals surface area contributed by atoms with Gasteiger partial charge in [0.2, 0.25) is 5.88 Å². The Morgan fingerprint density at radius 3 is 2.52 bits per heavy atom. The van der Waals surface area contributed by atoms with Crippen LogP contribution in [0.15, 0.2) is 52.3 Å². The van der Waals surface area contributed by atoms with Gasteiger partial charge in [-0.3, -0.25) is 9.79 Å². The topological polar surface area (TPSA) is 107 Å². The fourth-order valence-electron chi connectivity index (χ4n) is 3.76. The summed E-state index contributed by atoms with van der Waals surface area (Å²) in [5.74, 6) is 0.657. The van der Waals surface area contributed by atoms with Crippen molar-refractivity contribution in [2.75, 3.05) is 25.7 Å². The third kappa shape index (κ3) is 3.88. The molecule has 1 fully saturated rings. The lowest BCUT2D eigenvalue weighted by atomic mass is 10.1. The van der Waals surface area contributed by atoms with Crippen molar-refractivity contribution in [1.29, 1.82) is 0 Å². The third-order valence-corrected chi connectivity index (χ3v) is 7.10. The van der Waals surface area contributed by atoms with Gasteiger partial charge in [0.25, 0.3) is 5.56 Å². The number of ether oxygens (including phenoxy) is 2. The minimum Gasteiger partial charge on any atom is -0.497 e. The van der Waals surface area contributed by atoms with E-state index in [1.165, 1.54) is 20.4 Å². The molecule has 2 aromatic carbocycles. The summed E-state index contributed by atoms with van der Waals surface area (Å²) in [5.41, 5.74) is 0.254. The molecular formula is C22H22N2O6S. The Balaban J connectivity index is 1.93. The average Bonchev–Trinajstić information content (AvgIpc) is 3.12. The monoisotopic (exact) mass is 442 g/mol. The number of sulfone groups is 1. The van der Waals surface area contributed by atoms with Crippen LogP contribution in [-0.2, 0) is 9.84 Å². The smallest absolute Gasteiger partial charge is 0.265 e. The maximum atomic E-state index is 13.3. The Hall–Kier alpha value is -3.33. The van der Waals surface area contributed by atoms with Gasteiger partial charge in [-0.1, -0.05) is 18.2 Å². The molecule has 0 radical (unpaired) electrons. The van der Waals surface area contributed by atoms with Crippen molar-refractivity contribution < 1.29 is 23.0 Å². The molecule has 3 aromatic rings. The lowest BCUT2D eigenvalue weighted by Crippen LogP contribution is -2.21. The van der Waals surface area contributed by atoms with Gasteiger partial charge in [0.15, 0.2) is 9.84 Å². The molecule has 0 bridgehead atoms. The van der Waals surface area contributed by atoms with E-state index in [1.807, 2.05) is 0 Å². The number of pyridine rings is 1. The summed E-state index contributed by atoms with van der Waals surface area (Å²) >= 11 is 0. The Labute approximate surface area is 179 Å². The van der Waals surface area contributed by atoms with Gasteiger partial charge >= 0.3 is 0 Å². The minimum absolute atomic E-state index is 0.0197. The number of benzene rings is 2. The van der Waals surface area contributed by atoms with Crippen LogP contribution >= 0.6 is 0 Å². The molecule has 2 heterocycles. The van der Waals surface area contributed by atoms with Crippen LogP contribution in [-0.4, -0.2) is 56.1 Å². The molecule has 9 heteroatoms. The van der Waals surface area contributed by atoms with Crippen LogP contribution < -0.4 is 15.0 Å². The SMILES string of the molecule is COc1ccc(-n2c(O)c(C=NC3CCS(=O)(=O)C3)c3ccccc3c2=O)c(OC)c1. The molecule has 162 valence electrons. The second-order valence-corrected chi connectivity index (χ2v) is 9.52. The van der Waals surface area contributed by atoms with Gasteiger partial charge in [-0.25, -0.2) is 13.0 Å². The Kier molecular flexibility index (Phi) is 5.45. The Morgan fingerprint density at radius 2 is 1.87 bits per heavy atom. The van der Waals surface area contributed by atoms with Gasteiger partial charge in [-0.15, -0.1) is 0 Å². The quantitative estimate of drug-likeness (QED) is 0.608. The standard InChI is InChI=1S/C22H22N2O6S/c1-29-15-7-8-19(20(11-15)30-2)24-21(25)17-6-4-3-5-16(17)18(22(24)26)12-23-14-9-10-31(27,28)13-14/h3-8,11-12,14,26H,9-10,13H2,1-2H3. The van der Waals surface area contributed by atoms with Crippen LogP contribution in [0.1, 0.15) is 12.0 Å². The van der Waals surface area contributed by atoms with Crippen molar-refractivity contribution in [2.24, 2.45) is 4.99 Å². The van der Waals surface area contributed by atoms with Crippen molar-refractivity contribution >= 4 is 26.8 Å². The Bertz CT molecular complexity index is 1340. The van der Waals surface area contributed by atoms with E-state index in [4.69, 9.17) is 9.47 Å². The van der Waals surface area contributed by atoms with Crippen LogP contribution in [0.4, 0.5) is 0 Å². The molecule has 0 spiro atoms. The van der Waals surface area contributed by atoms with Crippen molar-refractivity contribution in [1.82, 2.24) is 4.57 Å². The van der Waals surface area contributed by atoms with Crippen LogP contribution in [0, 0.1) is 0 Å². The molecule has 1 aliphatic rings. The number of rotatable bonds is 5. The molecule has 1 saturated heterocycles. The largest absolute Gasteiger partial charge is 0.497 e. The summed E-state index contributed by atoms with van der Waals surface area (Å²) in [6.45, 7) is 0. The summed E-state index contributed by atoms with van der Waals surface area (Å²) < 4.78 is 35.3. The fraction of sp³-hybridized carbons (Fsp3) is 0.273. The molecule has 1 unspecified atom stereocenters. The van der Waals surface area contributed by atoms with E-state index in [2.05, 4.69) is 4.99 Å². The summed E-state index contributed by atoms with van der Waals surface area (Å²) in [4.78, 5) is 17.7. The van der Waals surface area contributed by atoms with E-state index < -0.39 is 15.4 Å². The molecule has 0 aliphatic carbocycles. The van der Waals surface area contributed by atoms with E-state index in [9.17, 15) is 18.3 Å². The van der Waals surface area contributed by atoms with E-state index in [0.29, 0.717) is 39.9 Å². The second kappa shape index (κ2) is 8.07.